The lowest BCUT2D eigenvalue weighted by Crippen LogP contribution is -2.47. The number of aromatic nitrogens is 1. The predicted molar refractivity (Wildman–Crippen MR) is 134 cm³/mol. The predicted octanol–water partition coefficient (Wildman–Crippen LogP) is 4.91. The van der Waals surface area contributed by atoms with E-state index in [-0.39, 0.29) is 24.3 Å². The van der Waals surface area contributed by atoms with E-state index in [9.17, 15) is 9.59 Å². The first-order valence-corrected chi connectivity index (χ1v) is 12.7. The molecule has 1 fully saturated rings. The van der Waals surface area contributed by atoms with Crippen molar-refractivity contribution in [2.75, 3.05) is 7.11 Å². The van der Waals surface area contributed by atoms with E-state index >= 15 is 0 Å². The Bertz CT molecular complexity index is 1050. The van der Waals surface area contributed by atoms with Gasteiger partial charge in [0.2, 0.25) is 11.8 Å². The van der Waals surface area contributed by atoms with Crippen molar-refractivity contribution < 1.29 is 14.3 Å². The van der Waals surface area contributed by atoms with E-state index in [1.165, 1.54) is 6.42 Å². The summed E-state index contributed by atoms with van der Waals surface area (Å²) in [5, 5.41) is 5.21. The normalized spacial score (nSPS) is 14.9. The van der Waals surface area contributed by atoms with Crippen LogP contribution in [0, 0.1) is 0 Å². The van der Waals surface area contributed by atoms with E-state index in [1.807, 2.05) is 53.9 Å². The maximum atomic E-state index is 13.7. The second kappa shape index (κ2) is 11.8. The highest BCUT2D eigenvalue weighted by molar-refractivity contribution is 7.10. The molecule has 0 aliphatic heterocycles. The van der Waals surface area contributed by atoms with Gasteiger partial charge in [0.15, 0.2) is 0 Å². The van der Waals surface area contributed by atoms with Crippen LogP contribution in [0.4, 0.5) is 0 Å². The van der Waals surface area contributed by atoms with Crippen molar-refractivity contribution in [1.29, 1.82) is 0 Å². The largest absolute Gasteiger partial charge is 0.497 e. The lowest BCUT2D eigenvalue weighted by Gasteiger charge is -2.33. The SMILES string of the molecule is COc1ccc(CN(C(=O)Cc2cccs2)[C@@H](C(=O)NC2CCCCC2)c2ccncc2)cc1. The zero-order valence-electron chi connectivity index (χ0n) is 19.5. The van der Waals surface area contributed by atoms with Crippen LogP contribution >= 0.6 is 11.3 Å². The zero-order chi connectivity index (χ0) is 23.8. The number of amides is 2. The topological polar surface area (TPSA) is 71.5 Å². The summed E-state index contributed by atoms with van der Waals surface area (Å²) in [6, 6.07) is 14.6. The number of hydrogen-bond donors (Lipinski definition) is 1. The molecule has 0 bridgehead atoms. The summed E-state index contributed by atoms with van der Waals surface area (Å²) < 4.78 is 5.28. The molecule has 7 heteroatoms. The van der Waals surface area contributed by atoms with Crippen molar-refractivity contribution in [2.45, 2.75) is 57.2 Å². The van der Waals surface area contributed by atoms with Crippen LogP contribution in [0.25, 0.3) is 0 Å². The number of thiophene rings is 1. The molecule has 2 aromatic heterocycles. The molecule has 0 radical (unpaired) electrons. The summed E-state index contributed by atoms with van der Waals surface area (Å²) in [5.74, 6) is 0.533. The van der Waals surface area contributed by atoms with Gasteiger partial charge in [0.1, 0.15) is 11.8 Å². The fourth-order valence-electron chi connectivity index (χ4n) is 4.46. The molecule has 1 N–H and O–H groups in total. The first-order chi connectivity index (χ1) is 16.6. The van der Waals surface area contributed by atoms with Crippen LogP contribution < -0.4 is 10.1 Å². The van der Waals surface area contributed by atoms with Crippen molar-refractivity contribution in [1.82, 2.24) is 15.2 Å². The molecule has 1 atom stereocenters. The molecule has 6 nitrogen and oxygen atoms in total. The molecular formula is C27H31N3O3S. The Hall–Kier alpha value is -3.19. The number of nitrogens with one attached hydrogen (secondary N) is 1. The maximum absolute atomic E-state index is 13.7. The maximum Gasteiger partial charge on any atom is 0.247 e. The monoisotopic (exact) mass is 477 g/mol. The van der Waals surface area contributed by atoms with E-state index in [0.717, 1.165) is 47.4 Å². The molecule has 34 heavy (non-hydrogen) atoms. The Labute approximate surface area is 205 Å². The number of rotatable bonds is 9. The first-order valence-electron chi connectivity index (χ1n) is 11.8. The lowest BCUT2D eigenvalue weighted by atomic mass is 9.94. The van der Waals surface area contributed by atoms with Crippen LogP contribution in [-0.2, 0) is 22.6 Å². The summed E-state index contributed by atoms with van der Waals surface area (Å²) in [6.07, 6.45) is 9.02. The van der Waals surface area contributed by atoms with Crippen molar-refractivity contribution >= 4 is 23.2 Å². The number of nitrogens with zero attached hydrogens (tertiary/aromatic N) is 2. The fraction of sp³-hybridized carbons (Fsp3) is 0.370. The van der Waals surface area contributed by atoms with Crippen LogP contribution in [-0.4, -0.2) is 34.8 Å². The summed E-state index contributed by atoms with van der Waals surface area (Å²) in [7, 11) is 1.63. The van der Waals surface area contributed by atoms with Crippen molar-refractivity contribution in [2.24, 2.45) is 0 Å². The van der Waals surface area contributed by atoms with Gasteiger partial charge >= 0.3 is 0 Å². The van der Waals surface area contributed by atoms with Crippen molar-refractivity contribution in [3.8, 4) is 5.75 Å². The number of hydrogen-bond acceptors (Lipinski definition) is 5. The Morgan fingerprint density at radius 1 is 1.09 bits per heavy atom. The summed E-state index contributed by atoms with van der Waals surface area (Å²) in [4.78, 5) is 34.2. The highest BCUT2D eigenvalue weighted by Gasteiger charge is 2.33. The Balaban J connectivity index is 1.66. The standard InChI is InChI=1S/C27H31N3O3S/c1-33-23-11-9-20(10-12-23)19-30(25(31)18-24-8-5-17-34-24)26(21-13-15-28-16-14-21)27(32)29-22-6-3-2-4-7-22/h5,8-17,22,26H,2-4,6-7,18-19H2,1H3,(H,29,32)/t26-/m1/s1. The average molecular weight is 478 g/mol. The zero-order valence-corrected chi connectivity index (χ0v) is 20.3. The smallest absolute Gasteiger partial charge is 0.247 e. The van der Waals surface area contributed by atoms with Gasteiger partial charge in [0.05, 0.1) is 13.5 Å². The Morgan fingerprint density at radius 2 is 1.82 bits per heavy atom. The first kappa shape index (κ1) is 24.0. The highest BCUT2D eigenvalue weighted by atomic mass is 32.1. The molecule has 0 unspecified atom stereocenters. The van der Waals surface area contributed by atoms with Crippen molar-refractivity contribution in [3.05, 3.63) is 82.3 Å². The second-order valence-corrected chi connectivity index (χ2v) is 9.68. The number of carbonyl (C=O) groups excluding carboxylic acids is 2. The van der Waals surface area contributed by atoms with E-state index < -0.39 is 6.04 Å². The van der Waals surface area contributed by atoms with E-state index in [1.54, 1.807) is 35.7 Å². The molecule has 0 saturated heterocycles. The van der Waals surface area contributed by atoms with Crippen LogP contribution in [0.2, 0.25) is 0 Å². The third-order valence-corrected chi connectivity index (χ3v) is 7.15. The summed E-state index contributed by atoms with van der Waals surface area (Å²) >= 11 is 1.55. The molecule has 2 amide bonds. The van der Waals surface area contributed by atoms with E-state index in [2.05, 4.69) is 10.3 Å². The molecule has 2 heterocycles. The van der Waals surface area contributed by atoms with Gasteiger partial charge in [-0.15, -0.1) is 11.3 Å². The molecule has 1 aliphatic carbocycles. The molecular weight excluding hydrogens is 446 g/mol. The number of ether oxygens (including phenoxy) is 1. The fourth-order valence-corrected chi connectivity index (χ4v) is 5.16. The minimum Gasteiger partial charge on any atom is -0.497 e. The average Bonchev–Trinajstić information content (AvgIpc) is 3.38. The van der Waals surface area contributed by atoms with Gasteiger partial charge in [-0.1, -0.05) is 37.5 Å². The van der Waals surface area contributed by atoms with Crippen LogP contribution in [0.1, 0.15) is 54.1 Å². The number of pyridine rings is 1. The minimum atomic E-state index is -0.737. The molecule has 0 spiro atoms. The van der Waals surface area contributed by atoms with Gasteiger partial charge < -0.3 is 15.0 Å². The molecule has 1 aromatic carbocycles. The Kier molecular flexibility index (Phi) is 8.31. The molecule has 4 rings (SSSR count). The molecule has 1 saturated carbocycles. The van der Waals surface area contributed by atoms with Gasteiger partial charge in [-0.3, -0.25) is 14.6 Å². The number of benzene rings is 1. The number of carbonyl (C=O) groups is 2. The summed E-state index contributed by atoms with van der Waals surface area (Å²) in [6.45, 7) is 0.319. The van der Waals surface area contributed by atoms with Gasteiger partial charge in [0, 0.05) is 29.9 Å². The van der Waals surface area contributed by atoms with E-state index in [4.69, 9.17) is 4.74 Å². The van der Waals surface area contributed by atoms with Crippen molar-refractivity contribution in [3.63, 3.8) is 0 Å². The van der Waals surface area contributed by atoms with Gasteiger partial charge in [-0.2, -0.15) is 0 Å². The van der Waals surface area contributed by atoms with Crippen LogP contribution in [0.5, 0.6) is 5.75 Å². The summed E-state index contributed by atoms with van der Waals surface area (Å²) in [5.41, 5.74) is 1.70. The quantitative estimate of drug-likeness (QED) is 0.475. The minimum absolute atomic E-state index is 0.0844. The van der Waals surface area contributed by atoms with Gasteiger partial charge in [-0.25, -0.2) is 0 Å². The van der Waals surface area contributed by atoms with E-state index in [0.29, 0.717) is 6.54 Å². The molecule has 1 aliphatic rings. The Morgan fingerprint density at radius 3 is 2.47 bits per heavy atom. The second-order valence-electron chi connectivity index (χ2n) is 8.65. The third kappa shape index (κ3) is 6.23. The molecule has 3 aromatic rings. The number of methoxy groups -OCH3 is 1. The van der Waals surface area contributed by atoms with Crippen LogP contribution in [0.15, 0.2) is 66.3 Å². The lowest BCUT2D eigenvalue weighted by molar-refractivity contribution is -0.141. The highest BCUT2D eigenvalue weighted by Crippen LogP contribution is 2.27. The third-order valence-electron chi connectivity index (χ3n) is 6.27. The molecule has 178 valence electrons. The van der Waals surface area contributed by atoms with Gasteiger partial charge in [0.25, 0.3) is 0 Å². The van der Waals surface area contributed by atoms with Gasteiger partial charge in [-0.05, 0) is 59.7 Å². The van der Waals surface area contributed by atoms with Crippen LogP contribution in [0.3, 0.4) is 0 Å².